The van der Waals surface area contributed by atoms with Crippen molar-refractivity contribution < 1.29 is 9.59 Å². The minimum Gasteiger partial charge on any atom is -0.353 e. The Balaban J connectivity index is 1.71. The highest BCUT2D eigenvalue weighted by Gasteiger charge is 2.42. The van der Waals surface area contributed by atoms with E-state index >= 15 is 0 Å². The smallest absolute Gasteiger partial charge is 0.312 e. The van der Waals surface area contributed by atoms with E-state index in [-0.39, 0.29) is 11.9 Å². The topological polar surface area (TPSA) is 96.2 Å². The molecule has 3 amide bonds. The highest BCUT2D eigenvalue weighted by atomic mass is 16.2. The van der Waals surface area contributed by atoms with Gasteiger partial charge in [0.25, 0.3) is 0 Å². The number of fused-ring (bicyclic) bond motifs is 1. The van der Waals surface area contributed by atoms with Gasteiger partial charge in [-0.3, -0.25) is 4.79 Å². The zero-order valence-corrected chi connectivity index (χ0v) is 9.87. The summed E-state index contributed by atoms with van der Waals surface area (Å²) in [7, 11) is 0. The van der Waals surface area contributed by atoms with Crippen LogP contribution in [-0.4, -0.2) is 37.6 Å². The van der Waals surface area contributed by atoms with Crippen LogP contribution in [0.15, 0.2) is 0 Å². The fourth-order valence-electron chi connectivity index (χ4n) is 2.96. The summed E-state index contributed by atoms with van der Waals surface area (Å²) in [6.45, 7) is 1.77. The summed E-state index contributed by atoms with van der Waals surface area (Å²) in [4.78, 5) is 22.4. The Morgan fingerprint density at radius 1 is 1.24 bits per heavy atom. The van der Waals surface area contributed by atoms with Gasteiger partial charge in [-0.15, -0.1) is 0 Å². The molecule has 0 bridgehead atoms. The molecule has 3 atom stereocenters. The predicted molar refractivity (Wildman–Crippen MR) is 63.2 cm³/mol. The van der Waals surface area contributed by atoms with Gasteiger partial charge in [0.1, 0.15) is 0 Å². The molecule has 2 fully saturated rings. The lowest BCUT2D eigenvalue weighted by Crippen LogP contribution is -2.46. The van der Waals surface area contributed by atoms with Gasteiger partial charge in [-0.1, -0.05) is 6.42 Å². The minimum absolute atomic E-state index is 0.0453. The average molecular weight is 240 g/mol. The first-order chi connectivity index (χ1) is 8.18. The molecule has 6 heteroatoms. The lowest BCUT2D eigenvalue weighted by atomic mass is 9.94. The van der Waals surface area contributed by atoms with Gasteiger partial charge in [-0.2, -0.15) is 0 Å². The fraction of sp³-hybridized carbons (Fsp3) is 0.818. The minimum atomic E-state index is -0.561. The molecule has 3 unspecified atom stereocenters. The zero-order chi connectivity index (χ0) is 12.3. The van der Waals surface area contributed by atoms with Crippen LogP contribution in [0, 0.1) is 11.8 Å². The first-order valence-corrected chi connectivity index (χ1v) is 6.23. The maximum atomic E-state index is 11.9. The summed E-state index contributed by atoms with van der Waals surface area (Å²) in [5, 5.41) is 8.55. The van der Waals surface area contributed by atoms with E-state index in [1.165, 1.54) is 12.8 Å². The molecule has 17 heavy (non-hydrogen) atoms. The molecule has 1 saturated heterocycles. The van der Waals surface area contributed by atoms with Gasteiger partial charge in [0.2, 0.25) is 5.91 Å². The highest BCUT2D eigenvalue weighted by molar-refractivity contribution is 5.82. The number of nitrogens with two attached hydrogens (primary N) is 1. The van der Waals surface area contributed by atoms with E-state index in [4.69, 9.17) is 5.73 Å². The molecule has 0 aromatic carbocycles. The first-order valence-electron chi connectivity index (χ1n) is 6.23. The van der Waals surface area contributed by atoms with Crippen LogP contribution in [-0.2, 0) is 4.79 Å². The fourth-order valence-corrected chi connectivity index (χ4v) is 2.96. The third-order valence-electron chi connectivity index (χ3n) is 3.75. The van der Waals surface area contributed by atoms with Gasteiger partial charge in [0.15, 0.2) is 0 Å². The maximum absolute atomic E-state index is 11.9. The van der Waals surface area contributed by atoms with Crippen LogP contribution in [0.2, 0.25) is 0 Å². The Bertz CT molecular complexity index is 308. The number of carbonyl (C=O) groups is 2. The van der Waals surface area contributed by atoms with Crippen molar-refractivity contribution in [2.24, 2.45) is 17.6 Å². The largest absolute Gasteiger partial charge is 0.353 e. The number of hydrogen-bond acceptors (Lipinski definition) is 3. The Kier molecular flexibility index (Phi) is 3.83. The third kappa shape index (κ3) is 2.88. The summed E-state index contributed by atoms with van der Waals surface area (Å²) < 4.78 is 0. The molecule has 96 valence electrons. The van der Waals surface area contributed by atoms with Crippen molar-refractivity contribution in [3.05, 3.63) is 0 Å². The molecule has 5 N–H and O–H groups in total. The summed E-state index contributed by atoms with van der Waals surface area (Å²) in [6, 6.07) is -0.606. The Morgan fingerprint density at radius 2 is 2.00 bits per heavy atom. The van der Waals surface area contributed by atoms with Crippen molar-refractivity contribution in [3.8, 4) is 0 Å². The van der Waals surface area contributed by atoms with Gasteiger partial charge in [0, 0.05) is 13.1 Å². The molecule has 2 rings (SSSR count). The van der Waals surface area contributed by atoms with Crippen LogP contribution < -0.4 is 21.7 Å². The lowest BCUT2D eigenvalue weighted by molar-refractivity contribution is -0.123. The van der Waals surface area contributed by atoms with E-state index in [1.54, 1.807) is 0 Å². The molecule has 1 heterocycles. The van der Waals surface area contributed by atoms with E-state index in [0.29, 0.717) is 24.9 Å². The van der Waals surface area contributed by atoms with Gasteiger partial charge >= 0.3 is 6.03 Å². The van der Waals surface area contributed by atoms with Crippen LogP contribution in [0.1, 0.15) is 19.3 Å². The summed E-state index contributed by atoms with van der Waals surface area (Å²) in [5.41, 5.74) is 4.93. The molecule has 1 saturated carbocycles. The normalized spacial score (nSPS) is 30.9. The number of nitrogens with one attached hydrogen (secondary N) is 3. The summed E-state index contributed by atoms with van der Waals surface area (Å²) in [5.74, 6) is 1.22. The number of urea groups is 1. The van der Waals surface area contributed by atoms with Crippen LogP contribution in [0.5, 0.6) is 0 Å². The first kappa shape index (κ1) is 12.2. The Hall–Kier alpha value is -1.30. The number of primary amides is 1. The Morgan fingerprint density at radius 3 is 2.76 bits per heavy atom. The molecule has 1 aliphatic carbocycles. The van der Waals surface area contributed by atoms with E-state index in [9.17, 15) is 9.59 Å². The van der Waals surface area contributed by atoms with E-state index in [2.05, 4.69) is 16.0 Å². The third-order valence-corrected chi connectivity index (χ3v) is 3.75. The van der Waals surface area contributed by atoms with Crippen LogP contribution in [0.3, 0.4) is 0 Å². The van der Waals surface area contributed by atoms with Crippen LogP contribution >= 0.6 is 0 Å². The van der Waals surface area contributed by atoms with Crippen molar-refractivity contribution in [1.82, 2.24) is 16.0 Å². The lowest BCUT2D eigenvalue weighted by Gasteiger charge is -2.17. The SMILES string of the molecule is NC(=O)NCCNC(=O)C1NCC2CCCC21. The number of carbonyl (C=O) groups excluding carboxylic acids is 2. The van der Waals surface area contributed by atoms with Gasteiger partial charge in [-0.05, 0) is 31.2 Å². The van der Waals surface area contributed by atoms with E-state index in [0.717, 1.165) is 13.0 Å². The van der Waals surface area contributed by atoms with Crippen LogP contribution in [0.25, 0.3) is 0 Å². The van der Waals surface area contributed by atoms with Crippen molar-refractivity contribution >= 4 is 11.9 Å². The molecule has 0 spiro atoms. The number of hydrogen-bond donors (Lipinski definition) is 4. The second-order valence-corrected chi connectivity index (χ2v) is 4.82. The van der Waals surface area contributed by atoms with Gasteiger partial charge in [-0.25, -0.2) is 4.79 Å². The quantitative estimate of drug-likeness (QED) is 0.482. The van der Waals surface area contributed by atoms with Gasteiger partial charge < -0.3 is 21.7 Å². The maximum Gasteiger partial charge on any atom is 0.312 e. The molecule has 1 aliphatic heterocycles. The van der Waals surface area contributed by atoms with E-state index < -0.39 is 6.03 Å². The van der Waals surface area contributed by atoms with Gasteiger partial charge in [0.05, 0.1) is 6.04 Å². The second-order valence-electron chi connectivity index (χ2n) is 4.82. The molecule has 2 aliphatic rings. The van der Waals surface area contributed by atoms with Crippen molar-refractivity contribution in [1.29, 1.82) is 0 Å². The summed E-state index contributed by atoms with van der Waals surface area (Å²) >= 11 is 0. The van der Waals surface area contributed by atoms with Crippen molar-refractivity contribution in [2.75, 3.05) is 19.6 Å². The Labute approximate surface area is 101 Å². The van der Waals surface area contributed by atoms with E-state index in [1.807, 2.05) is 0 Å². The number of rotatable bonds is 4. The highest BCUT2D eigenvalue weighted by Crippen LogP contribution is 2.37. The molecule has 6 nitrogen and oxygen atoms in total. The molecule has 0 aromatic heterocycles. The second kappa shape index (κ2) is 5.35. The average Bonchev–Trinajstić information content (AvgIpc) is 2.85. The summed E-state index contributed by atoms with van der Waals surface area (Å²) in [6.07, 6.45) is 3.63. The molecule has 0 aromatic rings. The standard InChI is InChI=1S/C11H20N4O2/c12-11(17)14-5-4-13-10(16)9-8-3-1-2-7(8)6-15-9/h7-9,15H,1-6H2,(H,13,16)(H3,12,14,17). The predicted octanol–water partition coefficient (Wildman–Crippen LogP) is -0.841. The zero-order valence-electron chi connectivity index (χ0n) is 9.87. The van der Waals surface area contributed by atoms with Crippen LogP contribution in [0.4, 0.5) is 4.79 Å². The molecular weight excluding hydrogens is 220 g/mol. The van der Waals surface area contributed by atoms with Crippen molar-refractivity contribution in [2.45, 2.75) is 25.3 Å². The molecule has 0 radical (unpaired) electrons. The monoisotopic (exact) mass is 240 g/mol. The van der Waals surface area contributed by atoms with Crippen molar-refractivity contribution in [3.63, 3.8) is 0 Å². The number of amides is 3. The molecular formula is C11H20N4O2.